The van der Waals surface area contributed by atoms with Crippen LogP contribution < -0.4 is 0 Å². The summed E-state index contributed by atoms with van der Waals surface area (Å²) in [4.78, 5) is 10.2. The molecular formula is C46H28N2O2. The van der Waals surface area contributed by atoms with Gasteiger partial charge in [0.2, 0.25) is 0 Å². The summed E-state index contributed by atoms with van der Waals surface area (Å²) in [6.07, 6.45) is 0. The van der Waals surface area contributed by atoms with Gasteiger partial charge >= 0.3 is 0 Å². The maximum Gasteiger partial charge on any atom is 0.160 e. The molecule has 234 valence electrons. The van der Waals surface area contributed by atoms with E-state index in [9.17, 15) is 0 Å². The lowest BCUT2D eigenvalue weighted by Gasteiger charge is -2.11. The second-order valence-electron chi connectivity index (χ2n) is 12.6. The Bertz CT molecular complexity index is 2850. The Morgan fingerprint density at radius 3 is 1.58 bits per heavy atom. The molecule has 0 aliphatic carbocycles. The number of fused-ring (bicyclic) bond motifs is 7. The van der Waals surface area contributed by atoms with Crippen LogP contribution in [0.3, 0.4) is 0 Å². The van der Waals surface area contributed by atoms with Crippen molar-refractivity contribution >= 4 is 43.9 Å². The maximum atomic E-state index is 6.42. The summed E-state index contributed by atoms with van der Waals surface area (Å²) >= 11 is 0. The minimum atomic E-state index is 0.683. The molecule has 0 amide bonds. The van der Waals surface area contributed by atoms with Gasteiger partial charge in [-0.15, -0.1) is 0 Å². The molecular weight excluding hydrogens is 613 g/mol. The van der Waals surface area contributed by atoms with Gasteiger partial charge in [0, 0.05) is 38.2 Å². The summed E-state index contributed by atoms with van der Waals surface area (Å²) in [7, 11) is 0. The van der Waals surface area contributed by atoms with E-state index in [1.807, 2.05) is 54.6 Å². The standard InChI is InChI=1S/C46H28N2O2/c1-3-10-29(11-4-1)33-14-9-15-35(26-33)39-28-38(31-12-5-2-6-13-31)47-46(48-39)32-20-18-30(19-21-32)34-22-23-37-43(27-34)50-42-25-24-41-44(45(37)42)36-16-7-8-17-40(36)49-41/h1-28H. The fourth-order valence-electron chi connectivity index (χ4n) is 7.04. The molecule has 0 radical (unpaired) electrons. The molecule has 0 unspecified atom stereocenters. The first kappa shape index (κ1) is 28.3. The molecule has 10 aromatic rings. The SMILES string of the molecule is c1ccc(-c2cccc(-c3cc(-c4ccccc4)nc(-c4ccc(-c5ccc6c(c5)oc5ccc7oc8ccccc8c7c56)cc4)n3)c2)cc1. The van der Waals surface area contributed by atoms with Crippen molar-refractivity contribution in [3.63, 3.8) is 0 Å². The van der Waals surface area contributed by atoms with Crippen LogP contribution in [-0.4, -0.2) is 9.97 Å². The zero-order valence-corrected chi connectivity index (χ0v) is 26.9. The smallest absolute Gasteiger partial charge is 0.160 e. The van der Waals surface area contributed by atoms with Gasteiger partial charge in [0.1, 0.15) is 22.3 Å². The number of aromatic nitrogens is 2. The monoisotopic (exact) mass is 640 g/mol. The zero-order valence-electron chi connectivity index (χ0n) is 26.9. The quantitative estimate of drug-likeness (QED) is 0.188. The Balaban J connectivity index is 1.04. The third kappa shape index (κ3) is 4.77. The Morgan fingerprint density at radius 1 is 0.300 bits per heavy atom. The molecule has 3 aromatic heterocycles. The van der Waals surface area contributed by atoms with Crippen LogP contribution in [0.2, 0.25) is 0 Å². The molecule has 0 bridgehead atoms. The lowest BCUT2D eigenvalue weighted by molar-refractivity contribution is 0.663. The van der Waals surface area contributed by atoms with E-state index in [4.69, 9.17) is 18.8 Å². The van der Waals surface area contributed by atoms with E-state index < -0.39 is 0 Å². The second kappa shape index (κ2) is 11.4. The van der Waals surface area contributed by atoms with Crippen LogP contribution in [0.4, 0.5) is 0 Å². The van der Waals surface area contributed by atoms with E-state index in [2.05, 4.69) is 115 Å². The van der Waals surface area contributed by atoms with E-state index in [0.29, 0.717) is 5.82 Å². The number of hydrogen-bond donors (Lipinski definition) is 0. The molecule has 50 heavy (non-hydrogen) atoms. The molecule has 0 spiro atoms. The van der Waals surface area contributed by atoms with Crippen molar-refractivity contribution in [2.75, 3.05) is 0 Å². The van der Waals surface area contributed by atoms with E-state index in [1.54, 1.807) is 0 Å². The van der Waals surface area contributed by atoms with Gasteiger partial charge < -0.3 is 8.83 Å². The molecule has 3 heterocycles. The van der Waals surface area contributed by atoms with Crippen LogP contribution in [-0.2, 0) is 0 Å². The zero-order chi connectivity index (χ0) is 33.0. The van der Waals surface area contributed by atoms with Gasteiger partial charge in [0.25, 0.3) is 0 Å². The fraction of sp³-hybridized carbons (Fsp3) is 0. The van der Waals surface area contributed by atoms with Crippen molar-refractivity contribution in [1.29, 1.82) is 0 Å². The fourth-order valence-corrected chi connectivity index (χ4v) is 7.04. The van der Waals surface area contributed by atoms with Gasteiger partial charge in [-0.25, -0.2) is 9.97 Å². The summed E-state index contributed by atoms with van der Waals surface area (Å²) in [5.41, 5.74) is 12.7. The van der Waals surface area contributed by atoms with Crippen molar-refractivity contribution in [2.24, 2.45) is 0 Å². The van der Waals surface area contributed by atoms with Crippen LogP contribution in [0.1, 0.15) is 0 Å². The first-order chi connectivity index (χ1) is 24.7. The number of hydrogen-bond acceptors (Lipinski definition) is 4. The topological polar surface area (TPSA) is 52.1 Å². The third-order valence-electron chi connectivity index (χ3n) is 9.51. The van der Waals surface area contributed by atoms with E-state index in [-0.39, 0.29) is 0 Å². The molecule has 7 aromatic carbocycles. The highest BCUT2D eigenvalue weighted by atomic mass is 16.3. The van der Waals surface area contributed by atoms with Gasteiger partial charge in [-0.3, -0.25) is 0 Å². The molecule has 0 N–H and O–H groups in total. The van der Waals surface area contributed by atoms with Crippen molar-refractivity contribution < 1.29 is 8.83 Å². The lowest BCUT2D eigenvalue weighted by Crippen LogP contribution is -1.96. The Kier molecular flexibility index (Phi) is 6.46. The van der Waals surface area contributed by atoms with Crippen LogP contribution in [0, 0.1) is 0 Å². The number of rotatable bonds is 5. The van der Waals surface area contributed by atoms with Crippen molar-refractivity contribution in [3.8, 4) is 56.2 Å². The molecule has 0 atom stereocenters. The molecule has 0 fully saturated rings. The van der Waals surface area contributed by atoms with E-state index in [0.717, 1.165) is 88.6 Å². The van der Waals surface area contributed by atoms with Gasteiger partial charge in [-0.1, -0.05) is 127 Å². The molecule has 0 aliphatic rings. The Morgan fingerprint density at radius 2 is 0.820 bits per heavy atom. The summed E-state index contributed by atoms with van der Waals surface area (Å²) in [5.74, 6) is 0.683. The average Bonchev–Trinajstić information content (AvgIpc) is 3.76. The van der Waals surface area contributed by atoms with Crippen molar-refractivity contribution in [3.05, 3.63) is 170 Å². The minimum absolute atomic E-state index is 0.683. The van der Waals surface area contributed by atoms with Gasteiger partial charge in [-0.2, -0.15) is 0 Å². The molecule has 0 saturated carbocycles. The lowest BCUT2D eigenvalue weighted by atomic mass is 10.00. The normalized spacial score (nSPS) is 11.6. The highest BCUT2D eigenvalue weighted by Crippen LogP contribution is 2.41. The van der Waals surface area contributed by atoms with Crippen LogP contribution in [0.5, 0.6) is 0 Å². The molecule has 4 heteroatoms. The Labute approximate surface area is 287 Å². The van der Waals surface area contributed by atoms with E-state index in [1.165, 1.54) is 5.56 Å². The molecule has 0 saturated heterocycles. The first-order valence-electron chi connectivity index (χ1n) is 16.7. The first-order valence-corrected chi connectivity index (χ1v) is 16.7. The average molecular weight is 641 g/mol. The largest absolute Gasteiger partial charge is 0.456 e. The van der Waals surface area contributed by atoms with Crippen molar-refractivity contribution in [1.82, 2.24) is 9.97 Å². The summed E-state index contributed by atoms with van der Waals surface area (Å²) < 4.78 is 12.6. The molecule has 10 rings (SSSR count). The van der Waals surface area contributed by atoms with Crippen LogP contribution in [0.15, 0.2) is 179 Å². The highest BCUT2D eigenvalue weighted by molar-refractivity contribution is 6.25. The molecule has 0 aliphatic heterocycles. The van der Waals surface area contributed by atoms with Gasteiger partial charge in [0.05, 0.1) is 11.4 Å². The summed E-state index contributed by atoms with van der Waals surface area (Å²) in [5, 5.41) is 4.36. The van der Waals surface area contributed by atoms with Crippen molar-refractivity contribution in [2.45, 2.75) is 0 Å². The van der Waals surface area contributed by atoms with Crippen LogP contribution >= 0.6 is 0 Å². The third-order valence-corrected chi connectivity index (χ3v) is 9.51. The van der Waals surface area contributed by atoms with Gasteiger partial charge in [-0.05, 0) is 64.7 Å². The number of benzene rings is 7. The summed E-state index contributed by atoms with van der Waals surface area (Å²) in [6.45, 7) is 0. The predicted octanol–water partition coefficient (Wildman–Crippen LogP) is 12.6. The Hall–Kier alpha value is -6.78. The number of nitrogens with zero attached hydrogens (tertiary/aromatic N) is 2. The molecule has 4 nitrogen and oxygen atoms in total. The second-order valence-corrected chi connectivity index (χ2v) is 12.6. The predicted molar refractivity (Wildman–Crippen MR) is 204 cm³/mol. The van der Waals surface area contributed by atoms with E-state index >= 15 is 0 Å². The maximum absolute atomic E-state index is 6.42. The number of para-hydroxylation sites is 1. The highest BCUT2D eigenvalue weighted by Gasteiger charge is 2.17. The van der Waals surface area contributed by atoms with Crippen LogP contribution in [0.25, 0.3) is 100 Å². The number of furan rings is 2. The minimum Gasteiger partial charge on any atom is -0.456 e. The summed E-state index contributed by atoms with van der Waals surface area (Å²) in [6, 6.07) is 58.5. The van der Waals surface area contributed by atoms with Gasteiger partial charge in [0.15, 0.2) is 5.82 Å².